The molecule has 2 aromatic heterocycles. The van der Waals surface area contributed by atoms with E-state index in [0.717, 1.165) is 21.9 Å². The smallest absolute Gasteiger partial charge is 0.410 e. The van der Waals surface area contributed by atoms with Gasteiger partial charge in [0.1, 0.15) is 11.7 Å². The molecule has 2 N–H and O–H groups in total. The number of hydrogen-bond acceptors (Lipinski definition) is 7. The Labute approximate surface area is 202 Å². The Bertz CT molecular complexity index is 1370. The van der Waals surface area contributed by atoms with Crippen molar-refractivity contribution in [3.63, 3.8) is 0 Å². The van der Waals surface area contributed by atoms with Crippen LogP contribution < -0.4 is 4.72 Å². The van der Waals surface area contributed by atoms with Crippen LogP contribution in [0, 0.1) is 18.3 Å². The van der Waals surface area contributed by atoms with Gasteiger partial charge in [-0.2, -0.15) is 5.26 Å². The summed E-state index contributed by atoms with van der Waals surface area (Å²) in [5, 5.41) is 10.8. The van der Waals surface area contributed by atoms with E-state index >= 15 is 0 Å². The number of rotatable bonds is 4. The minimum Gasteiger partial charge on any atom is -0.444 e. The summed E-state index contributed by atoms with van der Waals surface area (Å²) in [7, 11) is -3.86. The van der Waals surface area contributed by atoms with Crippen LogP contribution in [-0.4, -0.2) is 48.1 Å². The molecule has 0 unspecified atom stereocenters. The average molecular weight is 502 g/mol. The summed E-state index contributed by atoms with van der Waals surface area (Å²) < 4.78 is 34.4. The van der Waals surface area contributed by atoms with Crippen LogP contribution in [0.4, 0.5) is 10.5 Å². The number of ether oxygens (including phenoxy) is 1. The van der Waals surface area contributed by atoms with Gasteiger partial charge in [0.05, 0.1) is 28.0 Å². The van der Waals surface area contributed by atoms with Crippen LogP contribution in [0.2, 0.25) is 0 Å². The topological polar surface area (TPSA) is 128 Å². The molecule has 11 heteroatoms. The number of nitrogens with one attached hydrogen (secondary N) is 2. The van der Waals surface area contributed by atoms with Crippen molar-refractivity contribution in [3.05, 3.63) is 40.7 Å². The van der Waals surface area contributed by atoms with E-state index in [0.29, 0.717) is 48.1 Å². The molecule has 1 aliphatic heterocycles. The number of nitrogens with zero attached hydrogens (tertiary/aromatic N) is 3. The molecule has 4 rings (SSSR count). The average Bonchev–Trinajstić information content (AvgIpc) is 3.43. The zero-order valence-electron chi connectivity index (χ0n) is 19.5. The number of aromatic amines is 1. The largest absolute Gasteiger partial charge is 0.444 e. The van der Waals surface area contributed by atoms with Gasteiger partial charge in [0, 0.05) is 30.6 Å². The molecule has 180 valence electrons. The number of H-pyrrole nitrogens is 1. The Morgan fingerprint density at radius 3 is 2.68 bits per heavy atom. The van der Waals surface area contributed by atoms with Crippen LogP contribution in [0.1, 0.15) is 55.7 Å². The van der Waals surface area contributed by atoms with E-state index in [1.165, 1.54) is 6.20 Å². The lowest BCUT2D eigenvalue weighted by atomic mass is 9.98. The molecule has 0 spiro atoms. The highest BCUT2D eigenvalue weighted by atomic mass is 32.2. The summed E-state index contributed by atoms with van der Waals surface area (Å²) in [5.41, 5.74) is 1.75. The molecule has 1 aromatic carbocycles. The number of benzene rings is 1. The zero-order chi connectivity index (χ0) is 24.7. The van der Waals surface area contributed by atoms with Gasteiger partial charge in [-0.25, -0.2) is 18.2 Å². The third-order valence-electron chi connectivity index (χ3n) is 5.67. The SMILES string of the molecule is Cc1ccc(NS(=O)(=O)c2cnc(C3CCN(C(=O)OC(C)(C)C)CC3)s2)c2[nH]cc(C#N)c12. The van der Waals surface area contributed by atoms with E-state index in [4.69, 9.17) is 4.74 Å². The minimum absolute atomic E-state index is 0.0836. The van der Waals surface area contributed by atoms with E-state index in [2.05, 4.69) is 20.8 Å². The Morgan fingerprint density at radius 1 is 1.32 bits per heavy atom. The number of aryl methyl sites for hydroxylation is 1. The summed E-state index contributed by atoms with van der Waals surface area (Å²) in [6.45, 7) is 8.46. The first kappa shape index (κ1) is 24.0. The Morgan fingerprint density at radius 2 is 2.03 bits per heavy atom. The van der Waals surface area contributed by atoms with Crippen LogP contribution in [0.5, 0.6) is 0 Å². The molecule has 0 saturated carbocycles. The molecule has 1 saturated heterocycles. The molecule has 34 heavy (non-hydrogen) atoms. The second kappa shape index (κ2) is 8.92. The maximum Gasteiger partial charge on any atom is 0.410 e. The van der Waals surface area contributed by atoms with Crippen LogP contribution in [-0.2, 0) is 14.8 Å². The number of sulfonamides is 1. The molecule has 9 nitrogen and oxygen atoms in total. The van der Waals surface area contributed by atoms with Crippen molar-refractivity contribution in [3.8, 4) is 6.07 Å². The fourth-order valence-electron chi connectivity index (χ4n) is 4.01. The lowest BCUT2D eigenvalue weighted by molar-refractivity contribution is 0.0205. The van der Waals surface area contributed by atoms with Crippen molar-refractivity contribution in [2.45, 2.75) is 56.3 Å². The number of fused-ring (bicyclic) bond motifs is 1. The van der Waals surface area contributed by atoms with Crippen molar-refractivity contribution in [1.82, 2.24) is 14.9 Å². The molecule has 1 aliphatic rings. The van der Waals surface area contributed by atoms with Gasteiger partial charge >= 0.3 is 6.09 Å². The molecular weight excluding hydrogens is 474 g/mol. The van der Waals surface area contributed by atoms with Crippen LogP contribution >= 0.6 is 11.3 Å². The number of aromatic nitrogens is 2. The molecular formula is C23H27N5O4S2. The minimum atomic E-state index is -3.86. The van der Waals surface area contributed by atoms with E-state index < -0.39 is 15.6 Å². The number of piperidine rings is 1. The molecule has 3 aromatic rings. The predicted molar refractivity (Wildman–Crippen MR) is 130 cm³/mol. The first-order chi connectivity index (χ1) is 16.0. The fraction of sp³-hybridized carbons (Fsp3) is 0.435. The zero-order valence-corrected chi connectivity index (χ0v) is 21.1. The van der Waals surface area contributed by atoms with Crippen LogP contribution in [0.15, 0.2) is 28.7 Å². The molecule has 1 fully saturated rings. The number of carbonyl (C=O) groups is 1. The molecule has 3 heterocycles. The van der Waals surface area contributed by atoms with Crippen molar-refractivity contribution in [1.29, 1.82) is 5.26 Å². The lowest BCUT2D eigenvalue weighted by Crippen LogP contribution is -2.41. The van der Waals surface area contributed by atoms with Gasteiger partial charge in [0.25, 0.3) is 10.0 Å². The quantitative estimate of drug-likeness (QED) is 0.532. The number of thiazole rings is 1. The summed E-state index contributed by atoms with van der Waals surface area (Å²) >= 11 is 1.14. The predicted octanol–water partition coefficient (Wildman–Crippen LogP) is 4.72. The number of likely N-dealkylation sites (tertiary alicyclic amines) is 1. The number of hydrogen-bond donors (Lipinski definition) is 2. The van der Waals surface area contributed by atoms with Gasteiger partial charge < -0.3 is 14.6 Å². The number of carbonyl (C=O) groups excluding carboxylic acids is 1. The highest BCUT2D eigenvalue weighted by Gasteiger charge is 2.30. The maximum absolute atomic E-state index is 13.1. The van der Waals surface area contributed by atoms with Gasteiger partial charge in [-0.3, -0.25) is 4.72 Å². The molecule has 0 aliphatic carbocycles. The van der Waals surface area contributed by atoms with E-state index in [1.807, 2.05) is 27.7 Å². The maximum atomic E-state index is 13.1. The second-order valence-electron chi connectivity index (χ2n) is 9.36. The Hall–Kier alpha value is -3.10. The van der Waals surface area contributed by atoms with E-state index in [-0.39, 0.29) is 16.2 Å². The summed E-state index contributed by atoms with van der Waals surface area (Å²) in [4.78, 5) is 21.4. The van der Waals surface area contributed by atoms with Gasteiger partial charge in [-0.05, 0) is 52.2 Å². The van der Waals surface area contributed by atoms with Crippen molar-refractivity contribution in [2.24, 2.45) is 0 Å². The van der Waals surface area contributed by atoms with Crippen molar-refractivity contribution < 1.29 is 17.9 Å². The number of nitriles is 1. The van der Waals surface area contributed by atoms with Gasteiger partial charge in [-0.15, -0.1) is 11.3 Å². The summed E-state index contributed by atoms with van der Waals surface area (Å²) in [6.07, 6.45) is 4.01. The normalized spacial score (nSPS) is 15.3. The van der Waals surface area contributed by atoms with Crippen LogP contribution in [0.3, 0.4) is 0 Å². The number of anilines is 1. The van der Waals surface area contributed by atoms with Crippen LogP contribution in [0.25, 0.3) is 10.9 Å². The monoisotopic (exact) mass is 501 g/mol. The Kier molecular flexibility index (Phi) is 6.31. The molecule has 1 amide bonds. The van der Waals surface area contributed by atoms with Gasteiger partial charge in [0.15, 0.2) is 4.21 Å². The molecule has 0 atom stereocenters. The highest BCUT2D eigenvalue weighted by molar-refractivity contribution is 7.94. The third-order valence-corrected chi connectivity index (χ3v) is 8.66. The van der Waals surface area contributed by atoms with Gasteiger partial charge in [-0.1, -0.05) is 6.07 Å². The fourth-order valence-corrected chi connectivity index (χ4v) is 6.40. The van der Waals surface area contributed by atoms with Crippen molar-refractivity contribution >= 4 is 44.0 Å². The second-order valence-corrected chi connectivity index (χ2v) is 12.3. The first-order valence-electron chi connectivity index (χ1n) is 11.0. The molecule has 0 bridgehead atoms. The Balaban J connectivity index is 1.47. The van der Waals surface area contributed by atoms with E-state index in [9.17, 15) is 18.5 Å². The summed E-state index contributed by atoms with van der Waals surface area (Å²) in [6, 6.07) is 5.59. The van der Waals surface area contributed by atoms with E-state index in [1.54, 1.807) is 23.2 Å². The van der Waals surface area contributed by atoms with Gasteiger partial charge in [0.2, 0.25) is 0 Å². The first-order valence-corrected chi connectivity index (χ1v) is 13.3. The highest BCUT2D eigenvalue weighted by Crippen LogP contribution is 2.35. The van der Waals surface area contributed by atoms with Crippen molar-refractivity contribution in [2.75, 3.05) is 17.8 Å². The standard InChI is InChI=1S/C23H27N5O4S2/c1-14-5-6-17(20-19(14)16(11-24)12-25-20)27-34(30,31)18-13-26-21(33-18)15-7-9-28(10-8-15)22(29)32-23(2,3)4/h5-6,12-13,15,25,27H,7-10H2,1-4H3. The molecule has 0 radical (unpaired) electrons. The third kappa shape index (κ3) is 4.88. The summed E-state index contributed by atoms with van der Waals surface area (Å²) in [5.74, 6) is 0.0836. The number of amides is 1. The lowest BCUT2D eigenvalue weighted by Gasteiger charge is -2.32.